The van der Waals surface area contributed by atoms with Crippen LogP contribution in [0.1, 0.15) is 25.8 Å². The molecule has 5 heteroatoms. The zero-order valence-electron chi connectivity index (χ0n) is 9.87. The van der Waals surface area contributed by atoms with Gasteiger partial charge in [-0.05, 0) is 26.0 Å². The van der Waals surface area contributed by atoms with Crippen LogP contribution in [-0.4, -0.2) is 16.5 Å². The summed E-state index contributed by atoms with van der Waals surface area (Å²) in [6.07, 6.45) is 0.447. The van der Waals surface area contributed by atoms with Gasteiger partial charge in [-0.2, -0.15) is 0 Å². The Morgan fingerprint density at radius 3 is 2.88 bits per heavy atom. The van der Waals surface area contributed by atoms with Crippen molar-refractivity contribution in [1.29, 1.82) is 0 Å². The van der Waals surface area contributed by atoms with Gasteiger partial charge < -0.3 is 9.84 Å². The van der Waals surface area contributed by atoms with E-state index < -0.39 is 10.3 Å². The number of rotatable bonds is 2. The second kappa shape index (κ2) is 4.15. The van der Waals surface area contributed by atoms with Crippen LogP contribution in [-0.2, 0) is 5.60 Å². The molecule has 0 aliphatic carbocycles. The molecular formula is C12H16FNO2S. The van der Waals surface area contributed by atoms with E-state index in [9.17, 15) is 9.50 Å². The quantitative estimate of drug-likeness (QED) is 0.797. The van der Waals surface area contributed by atoms with Crippen LogP contribution >= 0.6 is 11.9 Å². The van der Waals surface area contributed by atoms with Gasteiger partial charge in [-0.1, -0.05) is 11.9 Å². The second-order valence-corrected chi connectivity index (χ2v) is 5.98. The molecular weight excluding hydrogens is 241 g/mol. The second-order valence-electron chi connectivity index (χ2n) is 4.73. The molecule has 2 rings (SSSR count). The number of nitrogens with two attached hydrogens (primary N) is 1. The minimum Gasteiger partial charge on any atom is -0.493 e. The Hall–Kier alpha value is -0.780. The number of aliphatic hydroxyl groups is 1. The number of hydrogen-bond acceptors (Lipinski definition) is 4. The van der Waals surface area contributed by atoms with Crippen molar-refractivity contribution in [1.82, 2.24) is 0 Å². The summed E-state index contributed by atoms with van der Waals surface area (Å²) in [7, 11) is 0. The van der Waals surface area contributed by atoms with Crippen LogP contribution < -0.4 is 9.88 Å². The Bertz CT molecular complexity index is 439. The van der Waals surface area contributed by atoms with E-state index in [0.29, 0.717) is 24.3 Å². The summed E-state index contributed by atoms with van der Waals surface area (Å²) in [5.74, 6) is 0.0343. The summed E-state index contributed by atoms with van der Waals surface area (Å²) >= 11 is 1.10. The van der Waals surface area contributed by atoms with Gasteiger partial charge in [-0.3, -0.25) is 5.14 Å². The lowest BCUT2D eigenvalue weighted by Gasteiger charge is -2.44. The Morgan fingerprint density at radius 2 is 2.24 bits per heavy atom. The highest BCUT2D eigenvalue weighted by Gasteiger charge is 2.48. The zero-order valence-corrected chi connectivity index (χ0v) is 10.7. The third-order valence-electron chi connectivity index (χ3n) is 3.40. The highest BCUT2D eigenvalue weighted by molar-refractivity contribution is 7.98. The number of benzene rings is 1. The summed E-state index contributed by atoms with van der Waals surface area (Å²) in [5, 5.41) is 16.5. The van der Waals surface area contributed by atoms with E-state index in [1.807, 2.05) is 13.8 Å². The number of fused-ring (bicyclic) bond motifs is 1. The topological polar surface area (TPSA) is 55.5 Å². The third-order valence-corrected chi connectivity index (χ3v) is 4.33. The third kappa shape index (κ3) is 1.92. The first-order valence-corrected chi connectivity index (χ1v) is 6.32. The van der Waals surface area contributed by atoms with Crippen molar-refractivity contribution in [3.63, 3.8) is 0 Å². The van der Waals surface area contributed by atoms with Gasteiger partial charge in [-0.15, -0.1) is 0 Å². The van der Waals surface area contributed by atoms with Gasteiger partial charge in [0.2, 0.25) is 0 Å². The molecule has 1 heterocycles. The van der Waals surface area contributed by atoms with Crippen molar-refractivity contribution in [2.75, 3.05) is 6.61 Å². The molecule has 0 bridgehead atoms. The van der Waals surface area contributed by atoms with Gasteiger partial charge in [0.05, 0.1) is 11.4 Å². The maximum absolute atomic E-state index is 13.1. The van der Waals surface area contributed by atoms with Gasteiger partial charge >= 0.3 is 0 Å². The van der Waals surface area contributed by atoms with E-state index in [4.69, 9.17) is 9.88 Å². The largest absolute Gasteiger partial charge is 0.493 e. The molecule has 1 aromatic rings. The summed E-state index contributed by atoms with van der Waals surface area (Å²) in [6.45, 7) is 4.10. The van der Waals surface area contributed by atoms with E-state index >= 15 is 0 Å². The summed E-state index contributed by atoms with van der Waals surface area (Å²) in [4.78, 5) is 0. The summed E-state index contributed by atoms with van der Waals surface area (Å²) < 4.78 is 18.0. The maximum Gasteiger partial charge on any atom is 0.128 e. The molecule has 1 unspecified atom stereocenters. The van der Waals surface area contributed by atoms with Crippen molar-refractivity contribution < 1.29 is 14.2 Å². The predicted octanol–water partition coefficient (Wildman–Crippen LogP) is 2.18. The molecule has 0 fully saturated rings. The minimum absolute atomic E-state index is 0.358. The fraction of sp³-hybridized carbons (Fsp3) is 0.500. The van der Waals surface area contributed by atoms with Gasteiger partial charge in [0, 0.05) is 18.1 Å². The lowest BCUT2D eigenvalue weighted by molar-refractivity contribution is -0.0288. The number of ether oxygens (including phenoxy) is 1. The molecule has 3 nitrogen and oxygen atoms in total. The Morgan fingerprint density at radius 1 is 1.53 bits per heavy atom. The molecule has 0 radical (unpaired) electrons. The predicted molar refractivity (Wildman–Crippen MR) is 66.3 cm³/mol. The lowest BCUT2D eigenvalue weighted by atomic mass is 9.78. The fourth-order valence-corrected chi connectivity index (χ4v) is 2.53. The molecule has 17 heavy (non-hydrogen) atoms. The maximum atomic E-state index is 13.1. The van der Waals surface area contributed by atoms with E-state index in [1.165, 1.54) is 12.1 Å². The van der Waals surface area contributed by atoms with E-state index in [0.717, 1.165) is 11.9 Å². The highest BCUT2D eigenvalue weighted by atomic mass is 32.2. The molecule has 0 aromatic heterocycles. The van der Waals surface area contributed by atoms with Gasteiger partial charge in [0.25, 0.3) is 0 Å². The van der Waals surface area contributed by atoms with Crippen LogP contribution in [0, 0.1) is 5.82 Å². The standard InChI is InChI=1S/C12H16FNO2S/c1-11(2,17-14)12(15)5-6-16-10-7-8(13)3-4-9(10)12/h3-4,7,15H,5-6,14H2,1-2H3. The minimum atomic E-state index is -1.10. The van der Waals surface area contributed by atoms with E-state index in [-0.39, 0.29) is 5.82 Å². The van der Waals surface area contributed by atoms with Crippen LogP contribution in [0.25, 0.3) is 0 Å². The van der Waals surface area contributed by atoms with E-state index in [2.05, 4.69) is 0 Å². The van der Waals surface area contributed by atoms with Crippen LogP contribution in [0.3, 0.4) is 0 Å². The molecule has 1 atom stereocenters. The smallest absolute Gasteiger partial charge is 0.128 e. The lowest BCUT2D eigenvalue weighted by Crippen LogP contribution is -2.49. The molecule has 94 valence electrons. The normalized spacial score (nSPS) is 24.1. The van der Waals surface area contributed by atoms with Crippen molar-refractivity contribution in [2.45, 2.75) is 30.6 Å². The Kier molecular flexibility index (Phi) is 3.10. The van der Waals surface area contributed by atoms with Gasteiger partial charge in [0.15, 0.2) is 0 Å². The Labute approximate surface area is 104 Å². The van der Waals surface area contributed by atoms with Crippen LogP contribution in [0.5, 0.6) is 5.75 Å². The molecule has 1 aromatic carbocycles. The van der Waals surface area contributed by atoms with Crippen molar-refractivity contribution >= 4 is 11.9 Å². The summed E-state index contributed by atoms with van der Waals surface area (Å²) in [6, 6.07) is 4.20. The molecule has 0 spiro atoms. The molecule has 1 aliphatic heterocycles. The zero-order chi connectivity index (χ0) is 12.7. The van der Waals surface area contributed by atoms with E-state index in [1.54, 1.807) is 6.07 Å². The van der Waals surface area contributed by atoms with Crippen molar-refractivity contribution in [2.24, 2.45) is 5.14 Å². The monoisotopic (exact) mass is 257 g/mol. The van der Waals surface area contributed by atoms with Crippen molar-refractivity contribution in [3.05, 3.63) is 29.6 Å². The van der Waals surface area contributed by atoms with Crippen molar-refractivity contribution in [3.8, 4) is 5.75 Å². The SMILES string of the molecule is CC(C)(SN)C1(O)CCOc2cc(F)ccc21. The first kappa shape index (κ1) is 12.7. The van der Waals surface area contributed by atoms with Gasteiger partial charge in [-0.25, -0.2) is 4.39 Å². The highest BCUT2D eigenvalue weighted by Crippen LogP contribution is 2.48. The molecule has 1 aliphatic rings. The molecule has 0 saturated carbocycles. The van der Waals surface area contributed by atoms with Crippen LogP contribution in [0.4, 0.5) is 4.39 Å². The van der Waals surface area contributed by atoms with Crippen LogP contribution in [0.2, 0.25) is 0 Å². The average molecular weight is 257 g/mol. The summed E-state index contributed by atoms with van der Waals surface area (Å²) in [5.41, 5.74) is -0.499. The number of hydrogen-bond donors (Lipinski definition) is 2. The molecule has 3 N–H and O–H groups in total. The number of halogens is 1. The Balaban J connectivity index is 2.54. The average Bonchev–Trinajstić information content (AvgIpc) is 2.28. The first-order valence-electron chi connectivity index (χ1n) is 5.44. The molecule has 0 amide bonds. The van der Waals surface area contributed by atoms with Crippen LogP contribution in [0.15, 0.2) is 18.2 Å². The van der Waals surface area contributed by atoms with Gasteiger partial charge in [0.1, 0.15) is 17.2 Å². The fourth-order valence-electron chi connectivity index (χ4n) is 2.12. The molecule has 0 saturated heterocycles. The first-order chi connectivity index (χ1) is 7.90.